The van der Waals surface area contributed by atoms with Crippen LogP contribution in [0.15, 0.2) is 18.3 Å². The topological polar surface area (TPSA) is 86.2 Å². The summed E-state index contributed by atoms with van der Waals surface area (Å²) in [6, 6.07) is 3.77. The molecule has 0 aromatic carbocycles. The predicted octanol–water partition coefficient (Wildman–Crippen LogP) is 0.322. The Kier molecular flexibility index (Phi) is 3.13. The Balaban J connectivity index is 2.12. The number of aliphatic hydroxyl groups is 1. The number of nitrogens with zero attached hydrogens (tertiary/aromatic N) is 2. The maximum Gasteiger partial charge on any atom is 0.142 e. The van der Waals surface area contributed by atoms with Crippen molar-refractivity contribution in [3.8, 4) is 0 Å². The van der Waals surface area contributed by atoms with E-state index in [1.54, 1.807) is 6.20 Å². The molecule has 0 amide bonds. The largest absolute Gasteiger partial charge is 0.389 e. The molecule has 5 nitrogen and oxygen atoms in total. The number of hydrogen-bond acceptors (Lipinski definition) is 4. The first-order valence-electron chi connectivity index (χ1n) is 5.71. The maximum absolute atomic E-state index is 9.90. The number of hydrogen-bond donors (Lipinski definition) is 3. The number of nitrogens with two attached hydrogens (primary N) is 1. The lowest BCUT2D eigenvalue weighted by Crippen LogP contribution is -2.30. The second-order valence-corrected chi connectivity index (χ2v) is 4.88. The van der Waals surface area contributed by atoms with Crippen molar-refractivity contribution in [1.29, 1.82) is 5.41 Å². The average Bonchev–Trinajstić information content (AvgIpc) is 2.58. The zero-order valence-electron chi connectivity index (χ0n) is 9.98. The van der Waals surface area contributed by atoms with Crippen molar-refractivity contribution < 1.29 is 5.11 Å². The second-order valence-electron chi connectivity index (χ2n) is 4.88. The minimum atomic E-state index is -0.599. The lowest BCUT2D eigenvalue weighted by molar-refractivity contribution is 0.0679. The van der Waals surface area contributed by atoms with Gasteiger partial charge in [-0.1, -0.05) is 6.07 Å². The molecule has 1 atom stereocenters. The highest BCUT2D eigenvalue weighted by molar-refractivity contribution is 5.94. The van der Waals surface area contributed by atoms with Crippen LogP contribution in [0.2, 0.25) is 0 Å². The Bertz CT molecular complexity index is 430. The molecule has 1 aromatic heterocycles. The van der Waals surface area contributed by atoms with Gasteiger partial charge in [0, 0.05) is 25.8 Å². The summed E-state index contributed by atoms with van der Waals surface area (Å²) in [7, 11) is 0. The number of nitrogen functional groups attached to an aromatic ring is 1. The molecule has 1 aliphatic rings. The number of likely N-dealkylation sites (tertiary alicyclic amines) is 1. The van der Waals surface area contributed by atoms with E-state index < -0.39 is 5.60 Å². The van der Waals surface area contributed by atoms with Gasteiger partial charge in [0.15, 0.2) is 0 Å². The zero-order chi connectivity index (χ0) is 12.5. The van der Waals surface area contributed by atoms with Gasteiger partial charge in [-0.15, -0.1) is 0 Å². The van der Waals surface area contributed by atoms with Crippen LogP contribution in [0.1, 0.15) is 24.6 Å². The Hall–Kier alpha value is -1.46. The number of β-amino-alcohol motifs (C(OH)–C–C–N with tert-alkyl or cyclic N) is 1. The Morgan fingerprint density at radius 2 is 2.47 bits per heavy atom. The lowest BCUT2D eigenvalue weighted by Gasteiger charge is -2.19. The number of aromatic nitrogens is 1. The third-order valence-electron chi connectivity index (χ3n) is 3.07. The van der Waals surface area contributed by atoms with Crippen LogP contribution in [0.25, 0.3) is 0 Å². The zero-order valence-corrected chi connectivity index (χ0v) is 9.98. The first kappa shape index (κ1) is 12.0. The van der Waals surface area contributed by atoms with Gasteiger partial charge in [0.2, 0.25) is 0 Å². The summed E-state index contributed by atoms with van der Waals surface area (Å²) < 4.78 is 0. The van der Waals surface area contributed by atoms with E-state index in [2.05, 4.69) is 9.88 Å². The minimum absolute atomic E-state index is 0.00782. The fourth-order valence-corrected chi connectivity index (χ4v) is 2.22. The maximum atomic E-state index is 9.90. The van der Waals surface area contributed by atoms with Crippen LogP contribution in [0, 0.1) is 5.41 Å². The summed E-state index contributed by atoms with van der Waals surface area (Å²) >= 11 is 0. The summed E-state index contributed by atoms with van der Waals surface area (Å²) in [4.78, 5) is 6.27. The van der Waals surface area contributed by atoms with Crippen LogP contribution in [-0.4, -0.2) is 39.5 Å². The van der Waals surface area contributed by atoms with Gasteiger partial charge in [-0.2, -0.15) is 0 Å². The molecular weight excluding hydrogens is 216 g/mol. The van der Waals surface area contributed by atoms with E-state index in [0.717, 1.165) is 18.5 Å². The van der Waals surface area contributed by atoms with Gasteiger partial charge in [-0.3, -0.25) is 15.3 Å². The first-order chi connectivity index (χ1) is 7.98. The molecule has 5 heteroatoms. The highest BCUT2D eigenvalue weighted by Gasteiger charge is 2.31. The standard InChI is InChI=1S/C12H18N4O/c1-12(17)4-6-16(8-12)7-9-3-2-5-15-10(9)11(13)14/h2-3,5,17H,4,6-8H2,1H3,(H3,13,14). The van der Waals surface area contributed by atoms with Gasteiger partial charge in [0.1, 0.15) is 11.5 Å². The molecule has 1 aliphatic heterocycles. The molecule has 2 heterocycles. The van der Waals surface area contributed by atoms with Gasteiger partial charge >= 0.3 is 0 Å². The molecule has 0 aliphatic carbocycles. The molecule has 1 saturated heterocycles. The van der Waals surface area contributed by atoms with Crippen LogP contribution >= 0.6 is 0 Å². The van der Waals surface area contributed by atoms with Crippen LogP contribution in [0.3, 0.4) is 0 Å². The summed E-state index contributed by atoms with van der Waals surface area (Å²) in [6.45, 7) is 4.04. The van der Waals surface area contributed by atoms with E-state index >= 15 is 0 Å². The number of nitrogens with one attached hydrogen (secondary N) is 1. The number of pyridine rings is 1. The van der Waals surface area contributed by atoms with E-state index in [1.807, 2.05) is 19.1 Å². The van der Waals surface area contributed by atoms with Crippen LogP contribution in [-0.2, 0) is 6.54 Å². The molecule has 1 aromatic rings. The van der Waals surface area contributed by atoms with Gasteiger partial charge in [-0.25, -0.2) is 0 Å². The van der Waals surface area contributed by atoms with E-state index in [0.29, 0.717) is 18.8 Å². The monoisotopic (exact) mass is 234 g/mol. The van der Waals surface area contributed by atoms with E-state index in [-0.39, 0.29) is 5.84 Å². The van der Waals surface area contributed by atoms with Crippen molar-refractivity contribution in [2.45, 2.75) is 25.5 Å². The van der Waals surface area contributed by atoms with Crippen molar-refractivity contribution >= 4 is 5.84 Å². The van der Waals surface area contributed by atoms with Crippen LogP contribution < -0.4 is 5.73 Å². The Labute approximate surface area is 101 Å². The van der Waals surface area contributed by atoms with E-state index in [4.69, 9.17) is 11.1 Å². The molecule has 17 heavy (non-hydrogen) atoms. The Morgan fingerprint density at radius 1 is 1.71 bits per heavy atom. The highest BCUT2D eigenvalue weighted by atomic mass is 16.3. The molecule has 1 unspecified atom stereocenters. The molecule has 0 saturated carbocycles. The van der Waals surface area contributed by atoms with Crippen molar-refractivity contribution in [1.82, 2.24) is 9.88 Å². The van der Waals surface area contributed by atoms with Crippen LogP contribution in [0.4, 0.5) is 0 Å². The van der Waals surface area contributed by atoms with Crippen molar-refractivity contribution in [2.75, 3.05) is 13.1 Å². The minimum Gasteiger partial charge on any atom is -0.389 e. The van der Waals surface area contributed by atoms with Crippen LogP contribution in [0.5, 0.6) is 0 Å². The fourth-order valence-electron chi connectivity index (χ4n) is 2.22. The SMILES string of the molecule is CC1(O)CCN(Cc2cccnc2C(=N)N)C1. The Morgan fingerprint density at radius 3 is 3.06 bits per heavy atom. The summed E-state index contributed by atoms with van der Waals surface area (Å²) in [5.41, 5.74) is 6.38. The fraction of sp³-hybridized carbons (Fsp3) is 0.500. The van der Waals surface area contributed by atoms with E-state index in [1.165, 1.54) is 0 Å². The molecular formula is C12H18N4O. The first-order valence-corrected chi connectivity index (χ1v) is 5.71. The smallest absolute Gasteiger partial charge is 0.142 e. The molecule has 1 fully saturated rings. The third kappa shape index (κ3) is 2.81. The van der Waals surface area contributed by atoms with Gasteiger partial charge in [0.05, 0.1) is 5.60 Å². The molecule has 2 rings (SSSR count). The lowest BCUT2D eigenvalue weighted by atomic mass is 10.1. The molecule has 92 valence electrons. The number of rotatable bonds is 3. The summed E-state index contributed by atoms with van der Waals surface area (Å²) in [6.07, 6.45) is 2.42. The van der Waals surface area contributed by atoms with Crippen molar-refractivity contribution in [3.05, 3.63) is 29.6 Å². The number of amidine groups is 1. The quantitative estimate of drug-likeness (QED) is 0.519. The van der Waals surface area contributed by atoms with Gasteiger partial charge in [0.25, 0.3) is 0 Å². The molecule has 0 radical (unpaired) electrons. The molecule has 0 bridgehead atoms. The average molecular weight is 234 g/mol. The van der Waals surface area contributed by atoms with Crippen molar-refractivity contribution in [3.63, 3.8) is 0 Å². The molecule has 4 N–H and O–H groups in total. The second kappa shape index (κ2) is 4.43. The predicted molar refractivity (Wildman–Crippen MR) is 65.8 cm³/mol. The van der Waals surface area contributed by atoms with Gasteiger partial charge in [-0.05, 0) is 25.0 Å². The third-order valence-corrected chi connectivity index (χ3v) is 3.07. The van der Waals surface area contributed by atoms with E-state index in [9.17, 15) is 5.11 Å². The van der Waals surface area contributed by atoms with Gasteiger partial charge < -0.3 is 10.8 Å². The summed E-state index contributed by atoms with van der Waals surface area (Å²) in [5, 5.41) is 17.4. The van der Waals surface area contributed by atoms with Crippen molar-refractivity contribution in [2.24, 2.45) is 5.73 Å². The summed E-state index contributed by atoms with van der Waals surface area (Å²) in [5.74, 6) is -0.00782. The normalized spacial score (nSPS) is 25.1. The highest BCUT2D eigenvalue weighted by Crippen LogP contribution is 2.22. The molecule has 0 spiro atoms.